The molecule has 1 aromatic carbocycles. The number of thiazole rings is 1. The molecule has 1 N–H and O–H groups in total. The lowest BCUT2D eigenvalue weighted by Gasteiger charge is -2.18. The van der Waals surface area contributed by atoms with Gasteiger partial charge in [-0.15, -0.1) is 11.3 Å². The predicted molar refractivity (Wildman–Crippen MR) is 116 cm³/mol. The minimum Gasteiger partial charge on any atom is -0.497 e. The van der Waals surface area contributed by atoms with Gasteiger partial charge in [0.25, 0.3) is 5.91 Å². The second-order valence-electron chi connectivity index (χ2n) is 6.08. The number of aromatic nitrogens is 1. The quantitative estimate of drug-likeness (QED) is 0.354. The van der Waals surface area contributed by atoms with Gasteiger partial charge in [0.05, 0.1) is 18.5 Å². The number of carbonyl (C=O) groups is 2. The van der Waals surface area contributed by atoms with Crippen LogP contribution in [-0.4, -0.2) is 43.7 Å². The van der Waals surface area contributed by atoms with Crippen LogP contribution in [0.3, 0.4) is 0 Å². The maximum absolute atomic E-state index is 12.2. The van der Waals surface area contributed by atoms with Gasteiger partial charge in [0.2, 0.25) is 5.91 Å². The van der Waals surface area contributed by atoms with Crippen LogP contribution in [0.25, 0.3) is 6.08 Å². The highest BCUT2D eigenvalue weighted by molar-refractivity contribution is 7.14. The predicted octanol–water partition coefficient (Wildman–Crippen LogP) is 3.29. The largest absolute Gasteiger partial charge is 0.497 e. The monoisotopic (exact) mass is 428 g/mol. The van der Waals surface area contributed by atoms with Gasteiger partial charge in [0.15, 0.2) is 5.13 Å². The molecule has 1 heterocycles. The second kappa shape index (κ2) is 11.7. The van der Waals surface area contributed by atoms with E-state index in [0.717, 1.165) is 0 Å². The van der Waals surface area contributed by atoms with Gasteiger partial charge in [-0.25, -0.2) is 4.98 Å². The molecule has 0 spiro atoms. The fraction of sp³-hybridized carbons (Fsp3) is 0.333. The summed E-state index contributed by atoms with van der Waals surface area (Å²) in [6.07, 6.45) is 2.07. The number of benzene rings is 1. The summed E-state index contributed by atoms with van der Waals surface area (Å²) >= 11 is 1.24. The van der Waals surface area contributed by atoms with E-state index in [4.69, 9.17) is 9.47 Å². The second-order valence-corrected chi connectivity index (χ2v) is 6.92. The number of hydrogen-bond donors (Lipinski definition) is 1. The zero-order valence-corrected chi connectivity index (χ0v) is 18.0. The summed E-state index contributed by atoms with van der Waals surface area (Å²) in [5.74, 6) is -0.00401. The minimum atomic E-state index is -0.470. The molecule has 0 aliphatic carbocycles. The lowest BCUT2D eigenvalue weighted by molar-refractivity contribution is -0.117. The molecule has 0 saturated heterocycles. The van der Waals surface area contributed by atoms with Crippen molar-refractivity contribution in [2.45, 2.75) is 20.3 Å². The number of rotatable bonds is 10. The number of anilines is 2. The van der Waals surface area contributed by atoms with E-state index in [9.17, 15) is 14.9 Å². The van der Waals surface area contributed by atoms with Gasteiger partial charge in [-0.2, -0.15) is 5.26 Å². The number of carbonyl (C=O) groups excluding carboxylic acids is 2. The van der Waals surface area contributed by atoms with Crippen LogP contribution in [-0.2, 0) is 14.3 Å². The van der Waals surface area contributed by atoms with Gasteiger partial charge in [0.1, 0.15) is 17.4 Å². The highest BCUT2D eigenvalue weighted by Crippen LogP contribution is 2.30. The first-order valence-corrected chi connectivity index (χ1v) is 10.3. The van der Waals surface area contributed by atoms with Crippen molar-refractivity contribution in [2.75, 3.05) is 31.8 Å². The van der Waals surface area contributed by atoms with Gasteiger partial charge >= 0.3 is 0 Å². The molecule has 8 nitrogen and oxygen atoms in total. The summed E-state index contributed by atoms with van der Waals surface area (Å²) in [5.41, 5.74) is 1.01. The molecule has 0 radical (unpaired) electrons. The molecule has 0 fully saturated rings. The van der Waals surface area contributed by atoms with E-state index < -0.39 is 5.91 Å². The first-order valence-electron chi connectivity index (χ1n) is 9.38. The van der Waals surface area contributed by atoms with Crippen molar-refractivity contribution in [2.24, 2.45) is 0 Å². The molecular weight excluding hydrogens is 404 g/mol. The summed E-state index contributed by atoms with van der Waals surface area (Å²) < 4.78 is 10.4. The molecule has 1 aromatic heterocycles. The van der Waals surface area contributed by atoms with Crippen molar-refractivity contribution >= 4 is 40.0 Å². The number of methoxy groups -OCH3 is 1. The Kier molecular flexibility index (Phi) is 9.00. The lowest BCUT2D eigenvalue weighted by Crippen LogP contribution is -2.26. The molecule has 30 heavy (non-hydrogen) atoms. The zero-order chi connectivity index (χ0) is 21.9. The van der Waals surface area contributed by atoms with Gasteiger partial charge in [-0.1, -0.05) is 0 Å². The standard InChI is InChI=1S/C21H24N4O4S/c1-4-29-11-5-10-23-20(27)16(13-22)12-17-14-30-21(24-17)25(15(2)26)18-6-8-19(28-3)9-7-18/h6-9,12,14H,4-5,10-11H2,1-3H3,(H,23,27)/b16-12-. The van der Waals surface area contributed by atoms with Gasteiger partial charge < -0.3 is 14.8 Å². The van der Waals surface area contributed by atoms with Crippen LogP contribution in [0.2, 0.25) is 0 Å². The molecule has 9 heteroatoms. The van der Waals surface area contributed by atoms with Crippen LogP contribution in [0.4, 0.5) is 10.8 Å². The fourth-order valence-corrected chi connectivity index (χ4v) is 3.36. The molecule has 2 rings (SSSR count). The van der Waals surface area contributed by atoms with E-state index in [0.29, 0.717) is 48.4 Å². The highest BCUT2D eigenvalue weighted by atomic mass is 32.1. The molecule has 0 atom stereocenters. The van der Waals surface area contributed by atoms with Crippen molar-refractivity contribution in [1.29, 1.82) is 5.26 Å². The Bertz CT molecular complexity index is 931. The average Bonchev–Trinajstić information content (AvgIpc) is 3.20. The number of nitrogens with one attached hydrogen (secondary N) is 1. The number of nitriles is 1. The third-order valence-electron chi connectivity index (χ3n) is 3.96. The average molecular weight is 429 g/mol. The topological polar surface area (TPSA) is 105 Å². The van der Waals surface area contributed by atoms with Crippen LogP contribution in [0.15, 0.2) is 35.2 Å². The molecule has 158 valence electrons. The normalized spacial score (nSPS) is 10.9. The van der Waals surface area contributed by atoms with Crippen LogP contribution < -0.4 is 15.0 Å². The SMILES string of the molecule is CCOCCCNC(=O)/C(C#N)=C\c1csc(N(C(C)=O)c2ccc(OC)cc2)n1. The van der Waals surface area contributed by atoms with Gasteiger partial charge in [-0.05, 0) is 43.7 Å². The smallest absolute Gasteiger partial charge is 0.262 e. The van der Waals surface area contributed by atoms with E-state index >= 15 is 0 Å². The van der Waals surface area contributed by atoms with Crippen molar-refractivity contribution in [3.05, 3.63) is 40.9 Å². The van der Waals surface area contributed by atoms with Crippen LogP contribution >= 0.6 is 11.3 Å². The van der Waals surface area contributed by atoms with E-state index in [2.05, 4.69) is 10.3 Å². The van der Waals surface area contributed by atoms with Crippen LogP contribution in [0, 0.1) is 11.3 Å². The summed E-state index contributed by atoms with van der Waals surface area (Å²) in [4.78, 5) is 30.3. The van der Waals surface area contributed by atoms with Crippen molar-refractivity contribution in [3.8, 4) is 11.8 Å². The van der Waals surface area contributed by atoms with Gasteiger partial charge in [-0.3, -0.25) is 14.5 Å². The molecular formula is C21H24N4O4S. The number of ether oxygens (including phenoxy) is 2. The Morgan fingerprint density at radius 2 is 2.07 bits per heavy atom. The van der Waals surface area contributed by atoms with E-state index in [1.807, 2.05) is 13.0 Å². The van der Waals surface area contributed by atoms with E-state index in [-0.39, 0.29) is 11.5 Å². The van der Waals surface area contributed by atoms with Gasteiger partial charge in [0, 0.05) is 32.1 Å². The summed E-state index contributed by atoms with van der Waals surface area (Å²) in [7, 11) is 1.57. The molecule has 0 aliphatic heterocycles. The highest BCUT2D eigenvalue weighted by Gasteiger charge is 2.18. The minimum absolute atomic E-state index is 0.0536. The summed E-state index contributed by atoms with van der Waals surface area (Å²) in [6.45, 7) is 4.92. The summed E-state index contributed by atoms with van der Waals surface area (Å²) in [6, 6.07) is 8.92. The third kappa shape index (κ3) is 6.40. The maximum atomic E-state index is 12.2. The third-order valence-corrected chi connectivity index (χ3v) is 4.80. The number of hydrogen-bond acceptors (Lipinski definition) is 7. The molecule has 2 aromatic rings. The molecule has 0 saturated carbocycles. The Hall–Kier alpha value is -3.22. The Morgan fingerprint density at radius 3 is 2.67 bits per heavy atom. The van der Waals surface area contributed by atoms with Crippen molar-refractivity contribution in [1.82, 2.24) is 10.3 Å². The summed E-state index contributed by atoms with van der Waals surface area (Å²) in [5, 5.41) is 14.1. The molecule has 0 bridgehead atoms. The Balaban J connectivity index is 2.14. The molecule has 0 unspecified atom stereocenters. The maximum Gasteiger partial charge on any atom is 0.262 e. The van der Waals surface area contributed by atoms with Crippen molar-refractivity contribution < 1.29 is 19.1 Å². The van der Waals surface area contributed by atoms with E-state index in [1.165, 1.54) is 29.2 Å². The van der Waals surface area contributed by atoms with Crippen molar-refractivity contribution in [3.63, 3.8) is 0 Å². The Morgan fingerprint density at radius 1 is 1.33 bits per heavy atom. The molecule has 2 amide bonds. The fourth-order valence-electron chi connectivity index (χ4n) is 2.52. The molecule has 0 aliphatic rings. The number of nitrogens with zero attached hydrogens (tertiary/aromatic N) is 3. The first kappa shape index (κ1) is 23.1. The lowest BCUT2D eigenvalue weighted by atomic mass is 10.2. The first-order chi connectivity index (χ1) is 14.5. The van der Waals surface area contributed by atoms with E-state index in [1.54, 1.807) is 36.8 Å². The Labute approximate surface area is 179 Å². The number of amides is 2. The van der Waals surface area contributed by atoms with Crippen LogP contribution in [0.5, 0.6) is 5.75 Å². The zero-order valence-electron chi connectivity index (χ0n) is 17.2. The van der Waals surface area contributed by atoms with Crippen LogP contribution in [0.1, 0.15) is 26.0 Å².